The molecule has 0 aromatic carbocycles. The van der Waals surface area contributed by atoms with Crippen molar-refractivity contribution in [3.05, 3.63) is 12.2 Å². The molecule has 0 radical (unpaired) electrons. The van der Waals surface area contributed by atoms with Crippen LogP contribution in [-0.4, -0.2) is 21.7 Å². The Bertz CT molecular complexity index is 254. The van der Waals surface area contributed by atoms with E-state index in [9.17, 15) is 0 Å². The Morgan fingerprint density at radius 3 is 1.61 bits per heavy atom. The second-order valence-corrected chi connectivity index (χ2v) is 6.90. The van der Waals surface area contributed by atoms with Crippen LogP contribution in [0.1, 0.15) is 110 Å². The maximum atomic E-state index is 8.83. The molecule has 0 aliphatic heterocycles. The molecule has 0 aliphatic carbocycles. The summed E-state index contributed by atoms with van der Waals surface area (Å²) < 4.78 is 0. The molecule has 1 atom stereocenters. The summed E-state index contributed by atoms with van der Waals surface area (Å²) in [5.41, 5.74) is 0. The van der Waals surface area contributed by atoms with Crippen LogP contribution >= 0.6 is 0 Å². The van der Waals surface area contributed by atoms with Gasteiger partial charge in [0, 0.05) is 0 Å². The zero-order valence-electron chi connectivity index (χ0n) is 15.7. The van der Waals surface area contributed by atoms with E-state index >= 15 is 0 Å². The van der Waals surface area contributed by atoms with E-state index in [4.69, 9.17) is 10.4 Å². The summed E-state index contributed by atoms with van der Waals surface area (Å²) in [5.74, 6) is 0. The van der Waals surface area contributed by atoms with Crippen molar-refractivity contribution in [1.29, 1.82) is 0 Å². The van der Waals surface area contributed by atoms with E-state index in [1.54, 1.807) is 0 Å². The highest BCUT2D eigenvalue weighted by Gasteiger charge is 2.06. The first kappa shape index (κ1) is 22.6. The highest BCUT2D eigenvalue weighted by atomic mass is 16.8. The Balaban J connectivity index is 3.13. The molecule has 138 valence electrons. The van der Waals surface area contributed by atoms with Crippen LogP contribution in [0.5, 0.6) is 0 Å². The van der Waals surface area contributed by atoms with Crippen molar-refractivity contribution in [2.45, 2.75) is 116 Å². The fourth-order valence-corrected chi connectivity index (χ4v) is 2.80. The Kier molecular flexibility index (Phi) is 17.7. The smallest absolute Gasteiger partial charge is 0.0595 e. The molecule has 0 saturated heterocycles. The minimum Gasteiger partial charge on any atom is -0.289 e. The van der Waals surface area contributed by atoms with Crippen molar-refractivity contribution in [3.8, 4) is 0 Å². The van der Waals surface area contributed by atoms with Gasteiger partial charge in [0.2, 0.25) is 0 Å². The lowest BCUT2D eigenvalue weighted by Gasteiger charge is -2.14. The Labute approximate surface area is 144 Å². The number of nitrogens with zero attached hydrogens (tertiary/aromatic N) is 1. The van der Waals surface area contributed by atoms with E-state index in [-0.39, 0.29) is 6.04 Å². The fourth-order valence-electron chi connectivity index (χ4n) is 2.80. The van der Waals surface area contributed by atoms with Gasteiger partial charge in [-0.2, -0.15) is 0 Å². The van der Waals surface area contributed by atoms with Crippen LogP contribution in [0.15, 0.2) is 12.2 Å². The molecule has 3 nitrogen and oxygen atoms in total. The Morgan fingerprint density at radius 1 is 0.696 bits per heavy atom. The summed E-state index contributed by atoms with van der Waals surface area (Å²) >= 11 is 0. The van der Waals surface area contributed by atoms with Crippen LogP contribution in [-0.2, 0) is 0 Å². The largest absolute Gasteiger partial charge is 0.289 e. The molecule has 0 rings (SSSR count). The predicted molar refractivity (Wildman–Crippen MR) is 98.9 cm³/mol. The molecule has 0 spiro atoms. The van der Waals surface area contributed by atoms with E-state index in [1.807, 2.05) is 6.92 Å². The average Bonchev–Trinajstić information content (AvgIpc) is 2.54. The van der Waals surface area contributed by atoms with E-state index in [1.165, 1.54) is 83.5 Å². The number of allylic oxidation sites excluding steroid dienone is 2. The number of hydroxylamine groups is 2. The van der Waals surface area contributed by atoms with Crippen LogP contribution in [0, 0.1) is 0 Å². The quantitative estimate of drug-likeness (QED) is 0.174. The first-order valence-electron chi connectivity index (χ1n) is 10.0. The van der Waals surface area contributed by atoms with Gasteiger partial charge in [0.05, 0.1) is 6.04 Å². The molecule has 0 amide bonds. The molecule has 0 fully saturated rings. The van der Waals surface area contributed by atoms with Gasteiger partial charge < -0.3 is 0 Å². The van der Waals surface area contributed by atoms with E-state index in [0.29, 0.717) is 5.23 Å². The van der Waals surface area contributed by atoms with Crippen molar-refractivity contribution >= 4 is 0 Å². The molecular weight excluding hydrogens is 286 g/mol. The molecule has 1 unspecified atom stereocenters. The summed E-state index contributed by atoms with van der Waals surface area (Å²) in [4.78, 5) is 0. The van der Waals surface area contributed by atoms with Gasteiger partial charge in [0.1, 0.15) is 0 Å². The maximum absolute atomic E-state index is 8.83. The third-order valence-corrected chi connectivity index (χ3v) is 4.53. The third kappa shape index (κ3) is 17.8. The van der Waals surface area contributed by atoms with Gasteiger partial charge >= 0.3 is 0 Å². The second-order valence-electron chi connectivity index (χ2n) is 6.90. The van der Waals surface area contributed by atoms with E-state index < -0.39 is 0 Å². The standard InChI is InChI=1S/C20H41NO2/c1-3-4-5-6-7-8-9-10-11-12-13-14-15-16-17-18-19-20(2)21(22)23/h10-11,20,22-23H,3-9,12-19H2,1-2H3/b11-10-. The van der Waals surface area contributed by atoms with Crippen molar-refractivity contribution in [2.75, 3.05) is 0 Å². The maximum Gasteiger partial charge on any atom is 0.0595 e. The molecule has 23 heavy (non-hydrogen) atoms. The van der Waals surface area contributed by atoms with Crippen molar-refractivity contribution in [3.63, 3.8) is 0 Å². The SMILES string of the molecule is CCCCCCCC/C=C\CCCCCCCCC(C)N(O)O. The first-order chi connectivity index (χ1) is 11.2. The predicted octanol–water partition coefficient (Wildman–Crippen LogP) is 6.88. The zero-order valence-corrected chi connectivity index (χ0v) is 15.7. The zero-order chi connectivity index (χ0) is 17.2. The van der Waals surface area contributed by atoms with Crippen LogP contribution in [0.25, 0.3) is 0 Å². The molecule has 0 heterocycles. The summed E-state index contributed by atoms with van der Waals surface area (Å²) in [6.45, 7) is 4.10. The number of hydrogen-bond acceptors (Lipinski definition) is 3. The molecule has 0 aromatic heterocycles. The van der Waals surface area contributed by atoms with Gasteiger partial charge in [-0.1, -0.05) is 88.5 Å². The van der Waals surface area contributed by atoms with Gasteiger partial charge in [-0.3, -0.25) is 10.4 Å². The molecule has 0 aromatic rings. The molecular formula is C20H41NO2. The number of rotatable bonds is 17. The van der Waals surface area contributed by atoms with Crippen molar-refractivity contribution in [1.82, 2.24) is 5.23 Å². The lowest BCUT2D eigenvalue weighted by Crippen LogP contribution is -2.25. The minimum absolute atomic E-state index is 0.146. The highest BCUT2D eigenvalue weighted by Crippen LogP contribution is 2.12. The second kappa shape index (κ2) is 18.0. The van der Waals surface area contributed by atoms with Crippen LogP contribution in [0.3, 0.4) is 0 Å². The topological polar surface area (TPSA) is 43.7 Å². The summed E-state index contributed by atoms with van der Waals surface area (Å²) in [7, 11) is 0. The summed E-state index contributed by atoms with van der Waals surface area (Å²) in [6.07, 6.45) is 23.9. The van der Waals surface area contributed by atoms with Crippen molar-refractivity contribution in [2.24, 2.45) is 0 Å². The summed E-state index contributed by atoms with van der Waals surface area (Å²) in [5, 5.41) is 18.0. The van der Waals surface area contributed by atoms with Crippen LogP contribution < -0.4 is 0 Å². The van der Waals surface area contributed by atoms with E-state index in [0.717, 1.165) is 12.8 Å². The van der Waals surface area contributed by atoms with Crippen molar-refractivity contribution < 1.29 is 10.4 Å². The monoisotopic (exact) mass is 327 g/mol. The molecule has 2 N–H and O–H groups in total. The van der Waals surface area contributed by atoms with Gasteiger partial charge in [-0.25, -0.2) is 0 Å². The lowest BCUT2D eigenvalue weighted by molar-refractivity contribution is -0.329. The first-order valence-corrected chi connectivity index (χ1v) is 10.0. The van der Waals surface area contributed by atoms with Crippen LogP contribution in [0.4, 0.5) is 0 Å². The lowest BCUT2D eigenvalue weighted by atomic mass is 10.1. The third-order valence-electron chi connectivity index (χ3n) is 4.53. The summed E-state index contributed by atoms with van der Waals surface area (Å²) in [6, 6.07) is -0.146. The molecule has 3 heteroatoms. The molecule has 0 bridgehead atoms. The molecule has 0 saturated carbocycles. The Hall–Kier alpha value is -0.380. The number of unbranched alkanes of at least 4 members (excludes halogenated alkanes) is 12. The normalized spacial score (nSPS) is 13.3. The van der Waals surface area contributed by atoms with Gasteiger partial charge in [0.25, 0.3) is 0 Å². The van der Waals surface area contributed by atoms with Gasteiger partial charge in [0.15, 0.2) is 0 Å². The molecule has 0 aliphatic rings. The van der Waals surface area contributed by atoms with E-state index in [2.05, 4.69) is 19.1 Å². The average molecular weight is 328 g/mol. The fraction of sp³-hybridized carbons (Fsp3) is 0.900. The minimum atomic E-state index is -0.146. The number of hydrogen-bond donors (Lipinski definition) is 2. The van der Waals surface area contributed by atoms with Crippen LogP contribution in [0.2, 0.25) is 0 Å². The highest BCUT2D eigenvalue weighted by molar-refractivity contribution is 4.81. The Morgan fingerprint density at radius 2 is 1.13 bits per heavy atom. The van der Waals surface area contributed by atoms with Gasteiger partial charge in [-0.15, -0.1) is 0 Å². The van der Waals surface area contributed by atoms with Gasteiger partial charge in [-0.05, 0) is 39.0 Å².